The lowest BCUT2D eigenvalue weighted by atomic mass is 10.0. The molecule has 1 N–H and O–H groups in total. The monoisotopic (exact) mass is 594 g/mol. The van der Waals surface area contributed by atoms with Crippen molar-refractivity contribution in [1.29, 1.82) is 0 Å². The van der Waals surface area contributed by atoms with Crippen LogP contribution in [-0.2, 0) is 14.3 Å². The van der Waals surface area contributed by atoms with Crippen LogP contribution in [0.4, 0.5) is 5.82 Å². The number of pyridine rings is 1. The molecule has 2 heterocycles. The number of hydrogen-bond acceptors (Lipinski definition) is 7. The second kappa shape index (κ2) is 21.1. The molecule has 8 nitrogen and oxygen atoms in total. The first-order chi connectivity index (χ1) is 19.8. The molecule has 1 fully saturated rings. The third-order valence-corrected chi connectivity index (χ3v) is 8.86. The summed E-state index contributed by atoms with van der Waals surface area (Å²) in [6, 6.07) is 4.52. The lowest BCUT2D eigenvalue weighted by Crippen LogP contribution is -2.49. The van der Waals surface area contributed by atoms with Crippen LogP contribution in [0, 0.1) is 0 Å². The van der Waals surface area contributed by atoms with Crippen LogP contribution in [0.2, 0.25) is 0 Å². The van der Waals surface area contributed by atoms with Gasteiger partial charge in [0.25, 0.3) is 16.0 Å². The van der Waals surface area contributed by atoms with E-state index in [1.54, 1.807) is 6.20 Å². The first-order valence-corrected chi connectivity index (χ1v) is 18.2. The molecular formula is C32H58N4O4S. The van der Waals surface area contributed by atoms with E-state index in [4.69, 9.17) is 4.18 Å². The quantitative estimate of drug-likeness (QED) is 0.113. The number of amides is 1. The van der Waals surface area contributed by atoms with Gasteiger partial charge in [-0.1, -0.05) is 90.4 Å². The second-order valence-corrected chi connectivity index (χ2v) is 13.4. The predicted octanol–water partition coefficient (Wildman–Crippen LogP) is 6.56. The fraction of sp³-hybridized carbons (Fsp3) is 0.812. The third kappa shape index (κ3) is 16.5. The van der Waals surface area contributed by atoms with Crippen molar-refractivity contribution in [3.05, 3.63) is 23.9 Å². The van der Waals surface area contributed by atoms with E-state index >= 15 is 0 Å². The van der Waals surface area contributed by atoms with Gasteiger partial charge in [-0.3, -0.25) is 13.9 Å². The second-order valence-electron chi connectivity index (χ2n) is 11.8. The standard InChI is InChI=1S/C32H58N4O4S/c1-4-29(2)35-23-25-36(26-24-35)31-21-20-30(28-34-31)32(37)33-22-18-16-14-12-10-8-6-5-7-9-11-13-15-17-19-27-40-41(3,38)39/h20-21,28-29H,4-19,22-27H2,1-3H3,(H,33,37). The summed E-state index contributed by atoms with van der Waals surface area (Å²) in [5.74, 6) is 0.943. The van der Waals surface area contributed by atoms with Crippen LogP contribution in [0.3, 0.4) is 0 Å². The Bertz CT molecular complexity index is 918. The van der Waals surface area contributed by atoms with Gasteiger partial charge in [-0.05, 0) is 38.3 Å². The van der Waals surface area contributed by atoms with Crippen molar-refractivity contribution in [3.8, 4) is 0 Å². The molecule has 2 rings (SSSR count). The summed E-state index contributed by atoms with van der Waals surface area (Å²) in [7, 11) is -3.28. The highest BCUT2D eigenvalue weighted by Gasteiger charge is 2.21. The highest BCUT2D eigenvalue weighted by atomic mass is 32.2. The van der Waals surface area contributed by atoms with Crippen molar-refractivity contribution < 1.29 is 17.4 Å². The van der Waals surface area contributed by atoms with Gasteiger partial charge in [-0.15, -0.1) is 0 Å². The van der Waals surface area contributed by atoms with Gasteiger partial charge in [-0.2, -0.15) is 8.42 Å². The summed E-state index contributed by atoms with van der Waals surface area (Å²) >= 11 is 0. The number of nitrogens with zero attached hydrogens (tertiary/aromatic N) is 3. The van der Waals surface area contributed by atoms with E-state index in [2.05, 4.69) is 33.9 Å². The summed E-state index contributed by atoms with van der Waals surface area (Å²) in [4.78, 5) is 21.9. The fourth-order valence-corrected chi connectivity index (χ4v) is 5.82. The van der Waals surface area contributed by atoms with Crippen molar-refractivity contribution in [3.63, 3.8) is 0 Å². The lowest BCUT2D eigenvalue weighted by Gasteiger charge is -2.38. The molecule has 9 heteroatoms. The number of rotatable bonds is 23. The smallest absolute Gasteiger partial charge is 0.264 e. The summed E-state index contributed by atoms with van der Waals surface area (Å²) in [6.07, 6.45) is 22.2. The van der Waals surface area contributed by atoms with Crippen LogP contribution in [0.25, 0.3) is 0 Å². The van der Waals surface area contributed by atoms with E-state index in [1.807, 2.05) is 12.1 Å². The normalized spacial score (nSPS) is 15.2. The number of unbranched alkanes of at least 4 members (excludes halogenated alkanes) is 14. The molecule has 0 bridgehead atoms. The Morgan fingerprint density at radius 2 is 1.37 bits per heavy atom. The van der Waals surface area contributed by atoms with Gasteiger partial charge in [0, 0.05) is 45.0 Å². The number of hydrogen-bond donors (Lipinski definition) is 1. The molecule has 0 radical (unpaired) electrons. The first-order valence-electron chi connectivity index (χ1n) is 16.4. The minimum absolute atomic E-state index is 0.0233. The highest BCUT2D eigenvalue weighted by molar-refractivity contribution is 7.85. The minimum Gasteiger partial charge on any atom is -0.354 e. The molecule has 1 unspecified atom stereocenters. The Labute approximate surface area is 251 Å². The Morgan fingerprint density at radius 3 is 1.83 bits per heavy atom. The topological polar surface area (TPSA) is 91.8 Å². The Morgan fingerprint density at radius 1 is 0.854 bits per heavy atom. The minimum atomic E-state index is -3.28. The third-order valence-electron chi connectivity index (χ3n) is 8.27. The molecule has 0 saturated carbocycles. The van der Waals surface area contributed by atoms with Gasteiger partial charge in [0.1, 0.15) is 5.82 Å². The van der Waals surface area contributed by atoms with E-state index in [0.717, 1.165) is 70.5 Å². The van der Waals surface area contributed by atoms with Crippen molar-refractivity contribution in [1.82, 2.24) is 15.2 Å². The molecule has 236 valence electrons. The summed E-state index contributed by atoms with van der Waals surface area (Å²) in [5, 5.41) is 3.05. The van der Waals surface area contributed by atoms with E-state index in [-0.39, 0.29) is 5.91 Å². The molecule has 1 atom stereocenters. The largest absolute Gasteiger partial charge is 0.354 e. The number of aromatic nitrogens is 1. The van der Waals surface area contributed by atoms with E-state index in [0.29, 0.717) is 18.2 Å². The van der Waals surface area contributed by atoms with Gasteiger partial charge in [0.15, 0.2) is 0 Å². The SMILES string of the molecule is CCC(C)N1CCN(c2ccc(C(=O)NCCCCCCCCCCCCCCCCCOS(C)(=O)=O)cn2)CC1. The molecule has 1 aromatic rings. The van der Waals surface area contributed by atoms with Crippen molar-refractivity contribution in [2.24, 2.45) is 0 Å². The first kappa shape index (κ1) is 35.5. The zero-order valence-electron chi connectivity index (χ0n) is 26.2. The van der Waals surface area contributed by atoms with Crippen molar-refractivity contribution in [2.75, 3.05) is 50.5 Å². The van der Waals surface area contributed by atoms with Gasteiger partial charge in [0.2, 0.25) is 0 Å². The average Bonchev–Trinajstić information content (AvgIpc) is 2.97. The average molecular weight is 595 g/mol. The van der Waals surface area contributed by atoms with Crippen LogP contribution in [-0.4, -0.2) is 75.8 Å². The van der Waals surface area contributed by atoms with Crippen LogP contribution in [0.5, 0.6) is 0 Å². The van der Waals surface area contributed by atoms with Crippen LogP contribution in [0.1, 0.15) is 127 Å². The molecule has 1 aliphatic rings. The molecule has 0 aromatic carbocycles. The van der Waals surface area contributed by atoms with Gasteiger partial charge >= 0.3 is 0 Å². The maximum absolute atomic E-state index is 12.5. The predicted molar refractivity (Wildman–Crippen MR) is 170 cm³/mol. The Balaban J connectivity index is 1.37. The number of carbonyl (C=O) groups excluding carboxylic acids is 1. The zero-order chi connectivity index (χ0) is 29.8. The van der Waals surface area contributed by atoms with Crippen molar-refractivity contribution in [2.45, 2.75) is 123 Å². The van der Waals surface area contributed by atoms with Gasteiger partial charge in [-0.25, -0.2) is 4.98 Å². The van der Waals surface area contributed by atoms with Crippen LogP contribution >= 0.6 is 0 Å². The molecule has 1 amide bonds. The summed E-state index contributed by atoms with van der Waals surface area (Å²) in [6.45, 7) is 9.69. The Hall–Kier alpha value is -1.71. The molecule has 41 heavy (non-hydrogen) atoms. The molecule has 1 saturated heterocycles. The lowest BCUT2D eigenvalue weighted by molar-refractivity contribution is 0.0952. The maximum Gasteiger partial charge on any atom is 0.264 e. The molecule has 0 spiro atoms. The molecule has 1 aliphatic heterocycles. The number of piperazine rings is 1. The highest BCUT2D eigenvalue weighted by Crippen LogP contribution is 2.17. The molecular weight excluding hydrogens is 536 g/mol. The zero-order valence-corrected chi connectivity index (χ0v) is 27.1. The number of nitrogens with one attached hydrogen (secondary N) is 1. The van der Waals surface area contributed by atoms with E-state index < -0.39 is 10.1 Å². The van der Waals surface area contributed by atoms with Gasteiger partial charge in [0.05, 0.1) is 18.4 Å². The maximum atomic E-state index is 12.5. The molecule has 1 aromatic heterocycles. The Kier molecular flexibility index (Phi) is 18.2. The van der Waals surface area contributed by atoms with Crippen LogP contribution in [0.15, 0.2) is 18.3 Å². The summed E-state index contributed by atoms with van der Waals surface area (Å²) < 4.78 is 26.5. The fourth-order valence-electron chi connectivity index (χ4n) is 5.40. The summed E-state index contributed by atoms with van der Waals surface area (Å²) in [5.41, 5.74) is 0.643. The van der Waals surface area contributed by atoms with E-state index in [1.165, 1.54) is 77.0 Å². The molecule has 0 aliphatic carbocycles. The van der Waals surface area contributed by atoms with Gasteiger partial charge < -0.3 is 10.2 Å². The van der Waals surface area contributed by atoms with Crippen molar-refractivity contribution >= 4 is 21.8 Å². The van der Waals surface area contributed by atoms with Crippen LogP contribution < -0.4 is 10.2 Å². The number of anilines is 1. The van der Waals surface area contributed by atoms with E-state index in [9.17, 15) is 13.2 Å². The number of carbonyl (C=O) groups is 1.